The van der Waals surface area contributed by atoms with Crippen molar-refractivity contribution >= 4 is 11.6 Å². The SMILES string of the molecule is Cc1ccc(-c2cc(C(=O)N3CCN(c4cccc(C)c4C)CC3)c(C)[nH]2)cc1C. The molecule has 0 aliphatic carbocycles. The van der Waals surface area contributed by atoms with E-state index in [1.165, 1.54) is 27.9 Å². The zero-order valence-electron chi connectivity index (χ0n) is 18.7. The van der Waals surface area contributed by atoms with Crippen molar-refractivity contribution in [2.24, 2.45) is 0 Å². The van der Waals surface area contributed by atoms with Crippen LogP contribution >= 0.6 is 0 Å². The summed E-state index contributed by atoms with van der Waals surface area (Å²) in [6.07, 6.45) is 0. The number of nitrogens with one attached hydrogen (secondary N) is 1. The third-order valence-electron chi connectivity index (χ3n) is 6.55. The number of aromatic amines is 1. The van der Waals surface area contributed by atoms with Crippen LogP contribution < -0.4 is 4.90 Å². The van der Waals surface area contributed by atoms with Crippen LogP contribution in [-0.2, 0) is 0 Å². The van der Waals surface area contributed by atoms with Crippen molar-refractivity contribution in [1.82, 2.24) is 9.88 Å². The van der Waals surface area contributed by atoms with E-state index in [9.17, 15) is 4.79 Å². The molecule has 0 bridgehead atoms. The van der Waals surface area contributed by atoms with Crippen molar-refractivity contribution in [2.45, 2.75) is 34.6 Å². The summed E-state index contributed by atoms with van der Waals surface area (Å²) in [6, 6.07) is 14.9. The van der Waals surface area contributed by atoms with Crippen LogP contribution in [0.25, 0.3) is 11.3 Å². The van der Waals surface area contributed by atoms with Crippen molar-refractivity contribution in [3.05, 3.63) is 76.0 Å². The largest absolute Gasteiger partial charge is 0.368 e. The average molecular weight is 402 g/mol. The van der Waals surface area contributed by atoms with Crippen LogP contribution in [0, 0.1) is 34.6 Å². The first-order valence-corrected chi connectivity index (χ1v) is 10.7. The summed E-state index contributed by atoms with van der Waals surface area (Å²) >= 11 is 0. The van der Waals surface area contributed by atoms with Crippen LogP contribution in [0.1, 0.15) is 38.3 Å². The Morgan fingerprint density at radius 3 is 2.27 bits per heavy atom. The van der Waals surface area contributed by atoms with E-state index in [0.29, 0.717) is 0 Å². The molecule has 1 saturated heterocycles. The monoisotopic (exact) mass is 401 g/mol. The molecule has 156 valence electrons. The number of anilines is 1. The lowest BCUT2D eigenvalue weighted by Crippen LogP contribution is -2.49. The number of carbonyl (C=O) groups excluding carboxylic acids is 1. The second-order valence-electron chi connectivity index (χ2n) is 8.52. The minimum absolute atomic E-state index is 0.124. The standard InChI is InChI=1S/C26H31N3O/c1-17-9-10-22(15-19(17)3)24-16-23(21(5)27-24)26(30)29-13-11-28(12-14-29)25-8-6-7-18(2)20(25)4/h6-10,15-16,27H,11-14H2,1-5H3. The second kappa shape index (κ2) is 8.02. The maximum Gasteiger partial charge on any atom is 0.255 e. The smallest absolute Gasteiger partial charge is 0.255 e. The molecular formula is C26H31N3O. The maximum atomic E-state index is 13.2. The van der Waals surface area contributed by atoms with Crippen LogP contribution in [0.15, 0.2) is 42.5 Å². The Morgan fingerprint density at radius 1 is 0.833 bits per heavy atom. The third kappa shape index (κ3) is 3.74. The van der Waals surface area contributed by atoms with Gasteiger partial charge in [-0.05, 0) is 80.6 Å². The summed E-state index contributed by atoms with van der Waals surface area (Å²) in [5, 5.41) is 0. The van der Waals surface area contributed by atoms with Gasteiger partial charge >= 0.3 is 0 Å². The number of carbonyl (C=O) groups is 1. The first-order valence-electron chi connectivity index (χ1n) is 10.7. The van der Waals surface area contributed by atoms with E-state index in [1.54, 1.807) is 0 Å². The van der Waals surface area contributed by atoms with Crippen LogP contribution in [0.5, 0.6) is 0 Å². The number of hydrogen-bond donors (Lipinski definition) is 1. The van der Waals surface area contributed by atoms with E-state index in [-0.39, 0.29) is 5.91 Å². The summed E-state index contributed by atoms with van der Waals surface area (Å²) in [5.74, 6) is 0.124. The van der Waals surface area contributed by atoms with Crippen LogP contribution in [0.2, 0.25) is 0 Å². The average Bonchev–Trinajstić information content (AvgIpc) is 3.13. The molecule has 4 nitrogen and oxygen atoms in total. The van der Waals surface area contributed by atoms with E-state index in [4.69, 9.17) is 0 Å². The molecule has 0 saturated carbocycles. The Kier molecular flexibility index (Phi) is 5.42. The Bertz CT molecular complexity index is 1090. The molecule has 2 aromatic carbocycles. The zero-order valence-corrected chi connectivity index (χ0v) is 18.7. The normalized spacial score (nSPS) is 14.3. The summed E-state index contributed by atoms with van der Waals surface area (Å²) in [4.78, 5) is 21.0. The number of aryl methyl sites for hydroxylation is 4. The molecule has 1 fully saturated rings. The van der Waals surface area contributed by atoms with Crippen molar-refractivity contribution < 1.29 is 4.79 Å². The molecule has 1 aromatic heterocycles. The third-order valence-corrected chi connectivity index (χ3v) is 6.55. The minimum atomic E-state index is 0.124. The Balaban J connectivity index is 1.49. The highest BCUT2D eigenvalue weighted by Crippen LogP contribution is 2.27. The topological polar surface area (TPSA) is 39.3 Å². The van der Waals surface area contributed by atoms with E-state index < -0.39 is 0 Å². The first kappa shape index (κ1) is 20.3. The van der Waals surface area contributed by atoms with Gasteiger partial charge in [0.1, 0.15) is 0 Å². The molecule has 1 aliphatic rings. The number of aromatic nitrogens is 1. The van der Waals surface area contributed by atoms with Gasteiger partial charge in [-0.15, -0.1) is 0 Å². The number of nitrogens with zero attached hydrogens (tertiary/aromatic N) is 2. The fourth-order valence-corrected chi connectivity index (χ4v) is 4.24. The molecule has 3 aromatic rings. The molecule has 1 amide bonds. The number of hydrogen-bond acceptors (Lipinski definition) is 2. The lowest BCUT2D eigenvalue weighted by molar-refractivity contribution is 0.0746. The first-order chi connectivity index (χ1) is 14.3. The molecule has 0 radical (unpaired) electrons. The number of rotatable bonds is 3. The molecule has 0 atom stereocenters. The quantitative estimate of drug-likeness (QED) is 0.656. The maximum absolute atomic E-state index is 13.2. The Hall–Kier alpha value is -3.01. The fraction of sp³-hybridized carbons (Fsp3) is 0.346. The van der Waals surface area contributed by atoms with E-state index in [0.717, 1.165) is 48.7 Å². The highest BCUT2D eigenvalue weighted by atomic mass is 16.2. The number of amides is 1. The lowest BCUT2D eigenvalue weighted by Gasteiger charge is -2.37. The lowest BCUT2D eigenvalue weighted by atomic mass is 10.0. The van der Waals surface area contributed by atoms with Crippen LogP contribution in [-0.4, -0.2) is 42.0 Å². The van der Waals surface area contributed by atoms with Gasteiger partial charge in [0.15, 0.2) is 0 Å². The number of piperazine rings is 1. The van der Waals surface area contributed by atoms with E-state index in [1.807, 2.05) is 17.9 Å². The highest BCUT2D eigenvalue weighted by molar-refractivity contribution is 5.97. The molecule has 1 aliphatic heterocycles. The van der Waals surface area contributed by atoms with Gasteiger partial charge in [0.05, 0.1) is 5.56 Å². The zero-order chi connectivity index (χ0) is 21.4. The molecule has 0 unspecified atom stereocenters. The van der Waals surface area contributed by atoms with Gasteiger partial charge in [-0.1, -0.05) is 24.3 Å². The van der Waals surface area contributed by atoms with Gasteiger partial charge in [0.25, 0.3) is 5.91 Å². The molecular weight excluding hydrogens is 370 g/mol. The van der Waals surface area contributed by atoms with Gasteiger partial charge in [-0.25, -0.2) is 0 Å². The molecule has 2 heterocycles. The molecule has 1 N–H and O–H groups in total. The van der Waals surface area contributed by atoms with Crippen LogP contribution in [0.3, 0.4) is 0 Å². The molecule has 4 rings (SSSR count). The summed E-state index contributed by atoms with van der Waals surface area (Å²) in [6.45, 7) is 13.8. The Morgan fingerprint density at radius 2 is 1.57 bits per heavy atom. The summed E-state index contributed by atoms with van der Waals surface area (Å²) in [7, 11) is 0. The Labute approximate surface area is 179 Å². The van der Waals surface area contributed by atoms with E-state index in [2.05, 4.69) is 74.0 Å². The molecule has 0 spiro atoms. The summed E-state index contributed by atoms with van der Waals surface area (Å²) in [5.41, 5.74) is 10.3. The predicted molar refractivity (Wildman–Crippen MR) is 124 cm³/mol. The van der Waals surface area contributed by atoms with Crippen molar-refractivity contribution in [1.29, 1.82) is 0 Å². The minimum Gasteiger partial charge on any atom is -0.368 e. The molecule has 30 heavy (non-hydrogen) atoms. The second-order valence-corrected chi connectivity index (χ2v) is 8.52. The number of benzene rings is 2. The predicted octanol–water partition coefficient (Wildman–Crippen LogP) is 5.19. The van der Waals surface area contributed by atoms with Gasteiger partial charge in [0, 0.05) is 43.3 Å². The molecule has 4 heteroatoms. The van der Waals surface area contributed by atoms with Crippen molar-refractivity contribution in [2.75, 3.05) is 31.1 Å². The van der Waals surface area contributed by atoms with Gasteiger partial charge in [-0.3, -0.25) is 4.79 Å². The van der Waals surface area contributed by atoms with Gasteiger partial charge in [-0.2, -0.15) is 0 Å². The highest BCUT2D eigenvalue weighted by Gasteiger charge is 2.25. The van der Waals surface area contributed by atoms with Gasteiger partial charge in [0.2, 0.25) is 0 Å². The summed E-state index contributed by atoms with van der Waals surface area (Å²) < 4.78 is 0. The number of H-pyrrole nitrogens is 1. The van der Waals surface area contributed by atoms with Crippen molar-refractivity contribution in [3.8, 4) is 11.3 Å². The van der Waals surface area contributed by atoms with Gasteiger partial charge < -0.3 is 14.8 Å². The fourth-order valence-electron chi connectivity index (χ4n) is 4.24. The van der Waals surface area contributed by atoms with E-state index >= 15 is 0 Å². The van der Waals surface area contributed by atoms with Crippen molar-refractivity contribution in [3.63, 3.8) is 0 Å². The van der Waals surface area contributed by atoms with Crippen LogP contribution in [0.4, 0.5) is 5.69 Å².